The zero-order valence-electron chi connectivity index (χ0n) is 15.0. The highest BCUT2D eigenvalue weighted by molar-refractivity contribution is 5.78. The predicted molar refractivity (Wildman–Crippen MR) is 91.9 cm³/mol. The molecule has 1 spiro atoms. The van der Waals surface area contributed by atoms with Gasteiger partial charge >= 0.3 is 0 Å². The Morgan fingerprint density at radius 2 is 2.05 bits per heavy atom. The molecule has 0 aromatic rings. The molecule has 1 heterocycles. The molecule has 0 bridgehead atoms. The van der Waals surface area contributed by atoms with Gasteiger partial charge in [-0.25, -0.2) is 0 Å². The Kier molecular flexibility index (Phi) is 6.27. The van der Waals surface area contributed by atoms with Crippen LogP contribution < -0.4 is 5.32 Å². The molecule has 0 aromatic heterocycles. The number of nitrogens with zero attached hydrogens (tertiary/aromatic N) is 2. The van der Waals surface area contributed by atoms with Crippen molar-refractivity contribution >= 4 is 5.91 Å². The summed E-state index contributed by atoms with van der Waals surface area (Å²) in [6.07, 6.45) is 4.96. The number of nitrogens with one attached hydrogen (secondary N) is 1. The number of likely N-dealkylation sites (tertiary alicyclic amines) is 1. The van der Waals surface area contributed by atoms with Crippen molar-refractivity contribution in [3.05, 3.63) is 0 Å². The second kappa shape index (κ2) is 7.78. The van der Waals surface area contributed by atoms with Crippen LogP contribution in [-0.4, -0.2) is 61.0 Å². The van der Waals surface area contributed by atoms with Crippen molar-refractivity contribution in [2.24, 2.45) is 11.3 Å². The maximum Gasteiger partial charge on any atom is 0.222 e. The lowest BCUT2D eigenvalue weighted by atomic mass is 9.85. The molecule has 1 N–H and O–H groups in total. The third-order valence-electron chi connectivity index (χ3n) is 5.72. The van der Waals surface area contributed by atoms with Crippen molar-refractivity contribution in [3.63, 3.8) is 0 Å². The van der Waals surface area contributed by atoms with Crippen LogP contribution in [0.2, 0.25) is 0 Å². The minimum absolute atomic E-state index is 0.102. The minimum Gasteiger partial charge on any atom is -0.353 e. The summed E-state index contributed by atoms with van der Waals surface area (Å²) >= 11 is 0. The highest BCUT2D eigenvalue weighted by Gasteiger charge is 2.44. The van der Waals surface area contributed by atoms with Crippen molar-refractivity contribution in [1.82, 2.24) is 15.1 Å². The molecule has 2 atom stereocenters. The summed E-state index contributed by atoms with van der Waals surface area (Å²) in [6, 6.07) is 0.414. The minimum atomic E-state index is 0.102. The van der Waals surface area contributed by atoms with Crippen LogP contribution in [0.25, 0.3) is 0 Å². The molecular weight excluding hydrogens is 274 g/mol. The van der Waals surface area contributed by atoms with Crippen LogP contribution >= 0.6 is 0 Å². The lowest BCUT2D eigenvalue weighted by Gasteiger charge is -2.26. The van der Waals surface area contributed by atoms with E-state index in [1.165, 1.54) is 51.9 Å². The van der Waals surface area contributed by atoms with Crippen LogP contribution in [0, 0.1) is 11.3 Å². The average molecular weight is 309 g/mol. The Morgan fingerprint density at radius 3 is 2.68 bits per heavy atom. The first-order valence-corrected chi connectivity index (χ1v) is 9.23. The van der Waals surface area contributed by atoms with Gasteiger partial charge in [0.05, 0.1) is 0 Å². The van der Waals surface area contributed by atoms with Gasteiger partial charge in [-0.2, -0.15) is 0 Å². The summed E-state index contributed by atoms with van der Waals surface area (Å²) in [5.41, 5.74) is 0.484. The molecule has 2 unspecified atom stereocenters. The average Bonchev–Trinajstić information content (AvgIpc) is 3.07. The quantitative estimate of drug-likeness (QED) is 0.784. The van der Waals surface area contributed by atoms with Crippen LogP contribution in [0.4, 0.5) is 0 Å². The molecule has 1 aliphatic heterocycles. The monoisotopic (exact) mass is 309 g/mol. The molecule has 0 radical (unpaired) electrons. The molecule has 0 aromatic carbocycles. The highest BCUT2D eigenvalue weighted by atomic mass is 16.1. The van der Waals surface area contributed by atoms with Gasteiger partial charge in [-0.15, -0.1) is 0 Å². The maximum atomic E-state index is 11.9. The fraction of sp³-hybridized carbons (Fsp3) is 0.944. The van der Waals surface area contributed by atoms with E-state index in [0.29, 0.717) is 11.5 Å². The molecule has 2 aliphatic rings. The van der Waals surface area contributed by atoms with Crippen LogP contribution in [0.1, 0.15) is 53.4 Å². The molecule has 22 heavy (non-hydrogen) atoms. The molecule has 1 saturated heterocycles. The Balaban J connectivity index is 1.76. The lowest BCUT2D eigenvalue weighted by Crippen LogP contribution is -2.37. The fourth-order valence-electron chi connectivity index (χ4n) is 4.11. The van der Waals surface area contributed by atoms with E-state index in [4.69, 9.17) is 0 Å². The van der Waals surface area contributed by atoms with Crippen molar-refractivity contribution in [3.8, 4) is 0 Å². The summed E-state index contributed by atoms with van der Waals surface area (Å²) in [5.74, 6) is 0.323. The van der Waals surface area contributed by atoms with E-state index >= 15 is 0 Å². The van der Waals surface area contributed by atoms with Gasteiger partial charge in [0.2, 0.25) is 5.91 Å². The summed E-state index contributed by atoms with van der Waals surface area (Å²) < 4.78 is 0. The fourth-order valence-corrected chi connectivity index (χ4v) is 4.11. The van der Waals surface area contributed by atoms with Crippen LogP contribution in [-0.2, 0) is 4.79 Å². The number of rotatable bonds is 7. The Hall–Kier alpha value is -0.610. The molecule has 4 heteroatoms. The van der Waals surface area contributed by atoms with Gasteiger partial charge in [0.1, 0.15) is 0 Å². The number of hydrogen-bond acceptors (Lipinski definition) is 3. The van der Waals surface area contributed by atoms with E-state index in [0.717, 1.165) is 13.1 Å². The molecule has 2 fully saturated rings. The van der Waals surface area contributed by atoms with Gasteiger partial charge in [0, 0.05) is 31.6 Å². The molecule has 1 aliphatic carbocycles. The van der Waals surface area contributed by atoms with Crippen molar-refractivity contribution in [1.29, 1.82) is 0 Å². The highest BCUT2D eigenvalue weighted by Crippen LogP contribution is 2.45. The summed E-state index contributed by atoms with van der Waals surface area (Å²) in [5, 5.41) is 3.25. The van der Waals surface area contributed by atoms with E-state index in [1.807, 2.05) is 13.8 Å². The van der Waals surface area contributed by atoms with Gasteiger partial charge in [0.15, 0.2) is 0 Å². The van der Waals surface area contributed by atoms with E-state index in [9.17, 15) is 4.79 Å². The molecule has 128 valence electrons. The SMILES string of the molecule is CCN(CC)CCN1CCC2(CCC(NC(=O)C(C)C)C2)C1. The van der Waals surface area contributed by atoms with Crippen LogP contribution in [0.5, 0.6) is 0 Å². The standard InChI is InChI=1S/C18H35N3O/c1-5-20(6-2)11-12-21-10-9-18(14-21)8-7-16(13-18)19-17(22)15(3)4/h15-16H,5-14H2,1-4H3,(H,19,22). The molecule has 4 nitrogen and oxygen atoms in total. The van der Waals surface area contributed by atoms with E-state index in [2.05, 4.69) is 29.0 Å². The first-order chi connectivity index (χ1) is 10.5. The third-order valence-corrected chi connectivity index (χ3v) is 5.72. The van der Waals surface area contributed by atoms with Crippen LogP contribution in [0.15, 0.2) is 0 Å². The van der Waals surface area contributed by atoms with Crippen molar-refractivity contribution in [2.75, 3.05) is 39.3 Å². The number of carbonyl (C=O) groups excluding carboxylic acids is 1. The van der Waals surface area contributed by atoms with E-state index < -0.39 is 0 Å². The normalized spacial score (nSPS) is 29.1. The third kappa shape index (κ3) is 4.45. The Labute approximate surface area is 136 Å². The van der Waals surface area contributed by atoms with Gasteiger partial charge in [-0.1, -0.05) is 27.7 Å². The largest absolute Gasteiger partial charge is 0.353 e. The first kappa shape index (κ1) is 17.7. The number of likely N-dealkylation sites (N-methyl/N-ethyl adjacent to an activating group) is 1. The number of amides is 1. The van der Waals surface area contributed by atoms with E-state index in [-0.39, 0.29) is 11.8 Å². The molecule has 2 rings (SSSR count). The van der Waals surface area contributed by atoms with Gasteiger partial charge < -0.3 is 15.1 Å². The van der Waals surface area contributed by atoms with Crippen LogP contribution in [0.3, 0.4) is 0 Å². The Morgan fingerprint density at radius 1 is 1.32 bits per heavy atom. The first-order valence-electron chi connectivity index (χ1n) is 9.23. The topological polar surface area (TPSA) is 35.6 Å². The summed E-state index contributed by atoms with van der Waals surface area (Å²) in [7, 11) is 0. The molecular formula is C18H35N3O. The molecule has 1 amide bonds. The summed E-state index contributed by atoms with van der Waals surface area (Å²) in [6.45, 7) is 15.6. The van der Waals surface area contributed by atoms with Gasteiger partial charge in [-0.3, -0.25) is 4.79 Å². The smallest absolute Gasteiger partial charge is 0.222 e. The zero-order chi connectivity index (χ0) is 16.2. The van der Waals surface area contributed by atoms with E-state index in [1.54, 1.807) is 0 Å². The molecule has 1 saturated carbocycles. The van der Waals surface area contributed by atoms with Gasteiger partial charge in [-0.05, 0) is 50.7 Å². The second-order valence-corrected chi connectivity index (χ2v) is 7.66. The zero-order valence-corrected chi connectivity index (χ0v) is 15.0. The van der Waals surface area contributed by atoms with Crippen molar-refractivity contribution in [2.45, 2.75) is 59.4 Å². The van der Waals surface area contributed by atoms with Gasteiger partial charge in [0.25, 0.3) is 0 Å². The maximum absolute atomic E-state index is 11.9. The summed E-state index contributed by atoms with van der Waals surface area (Å²) in [4.78, 5) is 17.0. The lowest BCUT2D eigenvalue weighted by molar-refractivity contribution is -0.124. The second-order valence-electron chi connectivity index (χ2n) is 7.66. The number of carbonyl (C=O) groups is 1. The number of hydrogen-bond donors (Lipinski definition) is 1. The Bertz CT molecular complexity index is 367. The van der Waals surface area contributed by atoms with Crippen molar-refractivity contribution < 1.29 is 4.79 Å². The predicted octanol–water partition coefficient (Wildman–Crippen LogP) is 2.34.